The summed E-state index contributed by atoms with van der Waals surface area (Å²) in [7, 11) is 0. The van der Waals surface area contributed by atoms with Gasteiger partial charge in [-0.15, -0.1) is 0 Å². The Morgan fingerprint density at radius 2 is 1.78 bits per heavy atom. The Morgan fingerprint density at radius 3 is 2.56 bits per heavy atom. The van der Waals surface area contributed by atoms with Gasteiger partial charge in [-0.25, -0.2) is 9.99 Å². The first-order valence-electron chi connectivity index (χ1n) is 13.2. The maximum atomic E-state index is 14.3. The van der Waals surface area contributed by atoms with E-state index in [1.807, 2.05) is 47.9 Å². The summed E-state index contributed by atoms with van der Waals surface area (Å²) in [6, 6.07) is 18.4. The highest BCUT2D eigenvalue weighted by Crippen LogP contribution is 2.37. The summed E-state index contributed by atoms with van der Waals surface area (Å²) in [4.78, 5) is 56.1. The first-order valence-corrected chi connectivity index (χ1v) is 13.2. The molecule has 1 amide bonds. The maximum Gasteiger partial charge on any atom is 0.306 e. The third-order valence-corrected chi connectivity index (χ3v) is 7.22. The molecule has 1 aliphatic carbocycles. The molecule has 1 N–H and O–H groups in total. The van der Waals surface area contributed by atoms with E-state index >= 15 is 0 Å². The number of para-hydroxylation sites is 1. The zero-order chi connectivity index (χ0) is 28.7. The Balaban J connectivity index is 1.56. The highest BCUT2D eigenvalue weighted by atomic mass is 16.5. The number of fused-ring (bicyclic) bond motifs is 1. The second-order valence-corrected chi connectivity index (χ2v) is 9.90. The van der Waals surface area contributed by atoms with E-state index in [2.05, 4.69) is 11.1 Å². The topological polar surface area (TPSA) is 124 Å². The van der Waals surface area contributed by atoms with E-state index in [4.69, 9.17) is 9.84 Å². The lowest BCUT2D eigenvalue weighted by atomic mass is 9.96. The lowest BCUT2D eigenvalue weighted by molar-refractivity contribution is -0.148. The fourth-order valence-electron chi connectivity index (χ4n) is 5.38. The van der Waals surface area contributed by atoms with Crippen molar-refractivity contribution in [2.45, 2.75) is 39.2 Å². The number of nitrogens with zero attached hydrogens (tertiary/aromatic N) is 4. The highest BCUT2D eigenvalue weighted by molar-refractivity contribution is 6.26. The first-order chi connectivity index (χ1) is 19.8. The Morgan fingerprint density at radius 1 is 1.02 bits per heavy atom. The van der Waals surface area contributed by atoms with Crippen LogP contribution in [0.2, 0.25) is 0 Å². The number of amides is 1. The van der Waals surface area contributed by atoms with Crippen LogP contribution in [0.15, 0.2) is 77.7 Å². The molecule has 0 atom stereocenters. The van der Waals surface area contributed by atoms with Crippen molar-refractivity contribution < 1.29 is 24.2 Å². The van der Waals surface area contributed by atoms with E-state index in [0.717, 1.165) is 33.6 Å². The van der Waals surface area contributed by atoms with Crippen molar-refractivity contribution in [3.8, 4) is 0 Å². The maximum absolute atomic E-state index is 14.3. The predicted octanol–water partition coefficient (Wildman–Crippen LogP) is 3.77. The molecular weight excluding hydrogens is 524 g/mol. The van der Waals surface area contributed by atoms with Gasteiger partial charge in [0.15, 0.2) is 12.4 Å². The SMILES string of the molecule is Cc1cc2c3n1C(c1ccccc1)=CN(n1c(COC(=O)CCC(=O)O)nc4ccccc4c1=O)C(=O)C3=CCC2. The molecule has 10 heteroatoms. The van der Waals surface area contributed by atoms with Crippen molar-refractivity contribution in [2.75, 3.05) is 5.01 Å². The fourth-order valence-corrected chi connectivity index (χ4v) is 5.38. The first kappa shape index (κ1) is 26.0. The summed E-state index contributed by atoms with van der Waals surface area (Å²) in [5.41, 5.74) is 4.64. The van der Waals surface area contributed by atoms with Gasteiger partial charge in [-0.3, -0.25) is 19.2 Å². The number of benzene rings is 2. The van der Waals surface area contributed by atoms with Crippen LogP contribution < -0.4 is 10.6 Å². The van der Waals surface area contributed by atoms with E-state index in [0.29, 0.717) is 23.2 Å². The van der Waals surface area contributed by atoms with Gasteiger partial charge in [-0.05, 0) is 43.5 Å². The molecule has 0 spiro atoms. The Bertz CT molecular complexity index is 1850. The molecule has 1 aliphatic heterocycles. The van der Waals surface area contributed by atoms with E-state index < -0.39 is 36.4 Å². The van der Waals surface area contributed by atoms with Crippen LogP contribution in [0.4, 0.5) is 0 Å². The summed E-state index contributed by atoms with van der Waals surface area (Å²) in [6.45, 7) is 1.55. The molecule has 41 heavy (non-hydrogen) atoms. The molecule has 206 valence electrons. The third-order valence-electron chi connectivity index (χ3n) is 7.22. The number of rotatable bonds is 7. The van der Waals surface area contributed by atoms with Gasteiger partial charge >= 0.3 is 11.9 Å². The minimum Gasteiger partial charge on any atom is -0.481 e. The molecule has 0 saturated carbocycles. The van der Waals surface area contributed by atoms with E-state index in [1.165, 1.54) is 5.01 Å². The van der Waals surface area contributed by atoms with Crippen LogP contribution in [0.25, 0.3) is 22.2 Å². The number of aromatic nitrogens is 3. The number of carboxylic acid groups (broad SMARTS) is 1. The van der Waals surface area contributed by atoms with E-state index in [9.17, 15) is 19.2 Å². The zero-order valence-corrected chi connectivity index (χ0v) is 22.2. The average molecular weight is 551 g/mol. The molecule has 0 radical (unpaired) electrons. The monoisotopic (exact) mass is 550 g/mol. The molecule has 3 heterocycles. The van der Waals surface area contributed by atoms with Crippen molar-refractivity contribution in [1.82, 2.24) is 14.2 Å². The largest absolute Gasteiger partial charge is 0.481 e. The number of carbonyl (C=O) groups excluding carboxylic acids is 2. The molecule has 2 aliphatic rings. The van der Waals surface area contributed by atoms with Crippen molar-refractivity contribution in [1.29, 1.82) is 0 Å². The lowest BCUT2D eigenvalue weighted by Gasteiger charge is -2.24. The average Bonchev–Trinajstić information content (AvgIpc) is 3.25. The normalized spacial score (nSPS) is 14.3. The summed E-state index contributed by atoms with van der Waals surface area (Å²) in [5.74, 6) is -2.28. The Hall–Kier alpha value is -5.25. The molecule has 2 aromatic carbocycles. The molecule has 10 nitrogen and oxygen atoms in total. The zero-order valence-electron chi connectivity index (χ0n) is 22.2. The van der Waals surface area contributed by atoms with Crippen LogP contribution in [0.3, 0.4) is 0 Å². The van der Waals surface area contributed by atoms with Crippen molar-refractivity contribution in [3.05, 3.63) is 112 Å². The Labute approximate surface area is 234 Å². The smallest absolute Gasteiger partial charge is 0.306 e. The van der Waals surface area contributed by atoms with Crippen LogP contribution >= 0.6 is 0 Å². The van der Waals surface area contributed by atoms with Crippen molar-refractivity contribution in [2.24, 2.45) is 0 Å². The number of hydrogen-bond donors (Lipinski definition) is 1. The molecular formula is C31H26N4O6. The van der Waals surface area contributed by atoms with Gasteiger partial charge in [-0.2, -0.15) is 4.68 Å². The van der Waals surface area contributed by atoms with Gasteiger partial charge < -0.3 is 14.4 Å². The van der Waals surface area contributed by atoms with Crippen LogP contribution in [0, 0.1) is 6.92 Å². The van der Waals surface area contributed by atoms with E-state index in [-0.39, 0.29) is 17.6 Å². The number of carbonyl (C=O) groups is 3. The molecule has 2 aromatic heterocycles. The molecule has 0 saturated heterocycles. The van der Waals surface area contributed by atoms with Gasteiger partial charge in [0.25, 0.3) is 11.5 Å². The van der Waals surface area contributed by atoms with Gasteiger partial charge in [0.1, 0.15) is 0 Å². The van der Waals surface area contributed by atoms with Crippen LogP contribution in [0.5, 0.6) is 0 Å². The molecule has 4 aromatic rings. The summed E-state index contributed by atoms with van der Waals surface area (Å²) < 4.78 is 8.53. The number of ether oxygens (including phenoxy) is 1. The highest BCUT2D eigenvalue weighted by Gasteiger charge is 2.34. The molecule has 6 rings (SSSR count). The summed E-state index contributed by atoms with van der Waals surface area (Å²) in [6.07, 6.45) is 4.25. The molecule has 0 unspecified atom stereocenters. The third kappa shape index (κ3) is 4.63. The standard InChI is InChI=1S/C31H26N4O6/c1-19-16-21-10-7-12-23-29(21)34(19)25(20-8-3-2-4-9-20)17-33(30(23)39)35-26(18-41-28(38)15-14-27(36)37)32-24-13-6-5-11-22(24)31(35)40/h2-6,8-9,11-13,16-17H,7,10,14-15,18H2,1H3,(H,36,37). The number of hydrogen-bond acceptors (Lipinski definition) is 6. The number of aryl methyl sites for hydroxylation is 2. The summed E-state index contributed by atoms with van der Waals surface area (Å²) in [5, 5.41) is 10.5. The number of allylic oxidation sites excluding steroid dienone is 1. The minimum atomic E-state index is -1.13. The van der Waals surface area contributed by atoms with Gasteiger partial charge in [0.05, 0.1) is 46.9 Å². The second-order valence-electron chi connectivity index (χ2n) is 9.90. The summed E-state index contributed by atoms with van der Waals surface area (Å²) >= 11 is 0. The minimum absolute atomic E-state index is 0.0225. The predicted molar refractivity (Wildman–Crippen MR) is 151 cm³/mol. The van der Waals surface area contributed by atoms with Crippen LogP contribution in [-0.2, 0) is 32.1 Å². The van der Waals surface area contributed by atoms with Crippen LogP contribution in [0.1, 0.15) is 47.6 Å². The van der Waals surface area contributed by atoms with E-state index in [1.54, 1.807) is 30.5 Å². The van der Waals surface area contributed by atoms with Crippen molar-refractivity contribution >= 4 is 40.0 Å². The number of carboxylic acids is 1. The van der Waals surface area contributed by atoms with Gasteiger partial charge in [0.2, 0.25) is 0 Å². The second kappa shape index (κ2) is 10.4. The fraction of sp³-hybridized carbons (Fsp3) is 0.194. The van der Waals surface area contributed by atoms with Gasteiger partial charge in [0, 0.05) is 11.3 Å². The van der Waals surface area contributed by atoms with Gasteiger partial charge in [-0.1, -0.05) is 48.5 Å². The Kier molecular flexibility index (Phi) is 6.58. The molecule has 0 bridgehead atoms. The lowest BCUT2D eigenvalue weighted by Crippen LogP contribution is -2.45. The van der Waals surface area contributed by atoms with Crippen molar-refractivity contribution in [3.63, 3.8) is 0 Å². The molecule has 0 fully saturated rings. The quantitative estimate of drug-likeness (QED) is 0.348. The number of esters is 1. The van der Waals surface area contributed by atoms with Crippen LogP contribution in [-0.4, -0.2) is 37.2 Å². The number of aliphatic carboxylic acids is 1.